The second-order valence-electron chi connectivity index (χ2n) is 10.1. The SMILES string of the molecule is C=CCCCCCCCCC(=O)N(C)CCS(=O)(=O)[O-].C=CCCCCCCCCC(=O)N(C)CCS(=O)(=O)[O-].[Ca+2]. The third-order valence-corrected chi connectivity index (χ3v) is 7.67. The number of nitrogens with zero attached hydrogens (tertiary/aromatic N) is 2. The molecule has 0 unspecified atom stereocenters. The fraction of sp³-hybridized carbons (Fsp3) is 0.786. The van der Waals surface area contributed by atoms with Crippen molar-refractivity contribution in [3.8, 4) is 0 Å². The van der Waals surface area contributed by atoms with Crippen LogP contribution in [0.5, 0.6) is 0 Å². The second kappa shape index (κ2) is 28.3. The molecule has 0 aromatic heterocycles. The molecule has 0 heterocycles. The van der Waals surface area contributed by atoms with Gasteiger partial charge in [-0.25, -0.2) is 16.8 Å². The van der Waals surface area contributed by atoms with E-state index in [0.29, 0.717) is 12.8 Å². The number of hydrogen-bond acceptors (Lipinski definition) is 8. The summed E-state index contributed by atoms with van der Waals surface area (Å²) in [4.78, 5) is 25.9. The predicted molar refractivity (Wildman–Crippen MR) is 164 cm³/mol. The summed E-state index contributed by atoms with van der Waals surface area (Å²) in [6, 6.07) is 0. The number of carbonyl (C=O) groups is 2. The van der Waals surface area contributed by atoms with Crippen molar-refractivity contribution in [3.63, 3.8) is 0 Å². The molecule has 0 bridgehead atoms. The van der Waals surface area contributed by atoms with Crippen molar-refractivity contribution in [1.29, 1.82) is 0 Å². The Morgan fingerprint density at radius 3 is 1.12 bits per heavy atom. The van der Waals surface area contributed by atoms with Gasteiger partial charge in [-0.1, -0.05) is 63.5 Å². The van der Waals surface area contributed by atoms with Crippen LogP contribution in [0.3, 0.4) is 0 Å². The van der Waals surface area contributed by atoms with E-state index in [1.54, 1.807) is 0 Å². The minimum Gasteiger partial charge on any atom is -0.748 e. The zero-order valence-corrected chi connectivity index (χ0v) is 29.2. The maximum Gasteiger partial charge on any atom is 2.00 e. The third-order valence-electron chi connectivity index (χ3n) is 6.30. The summed E-state index contributed by atoms with van der Waals surface area (Å²) in [6.45, 7) is 7.31. The first kappa shape index (κ1) is 44.9. The Kier molecular flexibility index (Phi) is 31.0. The van der Waals surface area contributed by atoms with Gasteiger partial charge < -0.3 is 18.9 Å². The molecule has 0 aromatic rings. The van der Waals surface area contributed by atoms with Crippen LogP contribution in [0.4, 0.5) is 0 Å². The number of hydrogen-bond donors (Lipinski definition) is 0. The Morgan fingerprint density at radius 1 is 0.585 bits per heavy atom. The summed E-state index contributed by atoms with van der Waals surface area (Å²) < 4.78 is 62.8. The molecule has 10 nitrogen and oxygen atoms in total. The normalized spacial score (nSPS) is 11.0. The van der Waals surface area contributed by atoms with Crippen LogP contribution in [0.1, 0.15) is 103 Å². The van der Waals surface area contributed by atoms with Crippen LogP contribution in [0.2, 0.25) is 0 Å². The van der Waals surface area contributed by atoms with Gasteiger partial charge in [0.05, 0.1) is 31.7 Å². The Labute approximate surface area is 279 Å². The molecule has 0 atom stereocenters. The molecule has 0 radical (unpaired) electrons. The van der Waals surface area contributed by atoms with E-state index in [1.165, 1.54) is 62.4 Å². The number of rotatable bonds is 24. The van der Waals surface area contributed by atoms with Gasteiger partial charge in [-0.2, -0.15) is 0 Å². The van der Waals surface area contributed by atoms with Gasteiger partial charge in [0.2, 0.25) is 11.8 Å². The molecule has 13 heteroatoms. The molecule has 0 aromatic carbocycles. The summed E-state index contributed by atoms with van der Waals surface area (Å²) in [5.74, 6) is -1.22. The molecule has 0 N–H and O–H groups in total. The zero-order chi connectivity index (χ0) is 30.9. The molecule has 0 rings (SSSR count). The Bertz CT molecular complexity index is 838. The fourth-order valence-electron chi connectivity index (χ4n) is 3.67. The maximum absolute atomic E-state index is 11.7. The van der Waals surface area contributed by atoms with E-state index in [9.17, 15) is 35.5 Å². The fourth-order valence-corrected chi connectivity index (χ4v) is 4.67. The summed E-state index contributed by atoms with van der Waals surface area (Å²) >= 11 is 0. The van der Waals surface area contributed by atoms with Crippen molar-refractivity contribution < 1.29 is 35.5 Å². The smallest absolute Gasteiger partial charge is 0.748 e. The molecule has 236 valence electrons. The van der Waals surface area contributed by atoms with Crippen molar-refractivity contribution in [1.82, 2.24) is 9.80 Å². The van der Waals surface area contributed by atoms with Gasteiger partial charge in [0.25, 0.3) is 0 Å². The van der Waals surface area contributed by atoms with Gasteiger partial charge in [0, 0.05) is 40.0 Å². The first-order valence-electron chi connectivity index (χ1n) is 14.3. The van der Waals surface area contributed by atoms with E-state index in [4.69, 9.17) is 0 Å². The molecule has 0 aliphatic rings. The summed E-state index contributed by atoms with van der Waals surface area (Å²) in [5, 5.41) is 0. The molecule has 0 spiro atoms. The molecule has 0 saturated heterocycles. The average molecular weight is 649 g/mol. The van der Waals surface area contributed by atoms with Crippen LogP contribution in [-0.2, 0) is 29.8 Å². The molecule has 0 saturated carbocycles. The van der Waals surface area contributed by atoms with E-state index >= 15 is 0 Å². The minimum absolute atomic E-state index is 0. The summed E-state index contributed by atoms with van der Waals surface area (Å²) in [6.07, 6.45) is 19.8. The first-order valence-corrected chi connectivity index (χ1v) is 17.5. The number of carbonyl (C=O) groups excluding carboxylic acids is 2. The molecular formula is C28H52CaN2O8S2. The largest absolute Gasteiger partial charge is 2.00 e. The van der Waals surface area contributed by atoms with Crippen molar-refractivity contribution in [2.75, 3.05) is 38.7 Å². The van der Waals surface area contributed by atoms with Gasteiger partial charge in [0.15, 0.2) is 0 Å². The zero-order valence-electron chi connectivity index (χ0n) is 25.4. The predicted octanol–water partition coefficient (Wildman–Crippen LogP) is 4.21. The van der Waals surface area contributed by atoms with E-state index in [-0.39, 0.29) is 62.6 Å². The Balaban J connectivity index is -0.000000688. The number of allylic oxidation sites excluding steroid dienone is 2. The van der Waals surface area contributed by atoms with Crippen LogP contribution in [0.15, 0.2) is 25.3 Å². The monoisotopic (exact) mass is 648 g/mol. The van der Waals surface area contributed by atoms with E-state index in [0.717, 1.165) is 51.4 Å². The molecule has 0 aliphatic carbocycles. The number of unbranched alkanes of at least 4 members (excludes halogenated alkanes) is 12. The summed E-state index contributed by atoms with van der Waals surface area (Å²) in [5.41, 5.74) is 0. The quantitative estimate of drug-likeness (QED) is 0.0652. The van der Waals surface area contributed by atoms with Crippen molar-refractivity contribution >= 4 is 69.8 Å². The topological polar surface area (TPSA) is 155 Å². The van der Waals surface area contributed by atoms with Crippen LogP contribution in [-0.4, -0.2) is 124 Å². The molecule has 2 amide bonds. The Hall–Kier alpha value is -0.500. The van der Waals surface area contributed by atoms with Gasteiger partial charge >= 0.3 is 37.7 Å². The van der Waals surface area contributed by atoms with Crippen molar-refractivity contribution in [2.24, 2.45) is 0 Å². The van der Waals surface area contributed by atoms with Gasteiger partial charge in [-0.3, -0.25) is 9.59 Å². The Morgan fingerprint density at radius 2 is 0.854 bits per heavy atom. The van der Waals surface area contributed by atoms with Crippen LogP contribution >= 0.6 is 0 Å². The van der Waals surface area contributed by atoms with E-state index in [2.05, 4.69) is 13.2 Å². The maximum atomic E-state index is 11.7. The molecular weight excluding hydrogens is 597 g/mol. The van der Waals surface area contributed by atoms with Gasteiger partial charge in [0.1, 0.15) is 0 Å². The average Bonchev–Trinajstić information content (AvgIpc) is 2.88. The van der Waals surface area contributed by atoms with Gasteiger partial charge in [-0.05, 0) is 38.5 Å². The molecule has 41 heavy (non-hydrogen) atoms. The third kappa shape index (κ3) is 35.6. The van der Waals surface area contributed by atoms with E-state index < -0.39 is 31.7 Å². The summed E-state index contributed by atoms with van der Waals surface area (Å²) in [7, 11) is -5.43. The molecule has 0 aliphatic heterocycles. The van der Waals surface area contributed by atoms with Crippen molar-refractivity contribution in [2.45, 2.75) is 103 Å². The number of amides is 2. The molecule has 0 fully saturated rings. The van der Waals surface area contributed by atoms with Crippen molar-refractivity contribution in [3.05, 3.63) is 25.3 Å². The van der Waals surface area contributed by atoms with Gasteiger partial charge in [-0.15, -0.1) is 13.2 Å². The van der Waals surface area contributed by atoms with Crippen LogP contribution in [0.25, 0.3) is 0 Å². The van der Waals surface area contributed by atoms with Crippen LogP contribution in [0, 0.1) is 0 Å². The first-order chi connectivity index (χ1) is 18.7. The van der Waals surface area contributed by atoms with E-state index in [1.807, 2.05) is 12.2 Å². The van der Waals surface area contributed by atoms with Crippen LogP contribution < -0.4 is 0 Å². The minimum atomic E-state index is -4.24. The standard InChI is InChI=1S/2C14H27NO4S.Ca/c2*1-3-4-5-6-7-8-9-10-11-14(16)15(2)12-13-20(17,18)19;/h2*3H,1,4-13H2,2H3,(H,17,18,19);/q;;+2/p-2. The second-order valence-corrected chi connectivity index (χ2v) is 13.1.